The lowest BCUT2D eigenvalue weighted by Gasteiger charge is -2.35. The average molecular weight is 390 g/mol. The van der Waals surface area contributed by atoms with Crippen LogP contribution in [0, 0.1) is 0 Å². The first kappa shape index (κ1) is 19.1. The predicted octanol–water partition coefficient (Wildman–Crippen LogP) is 4.78. The van der Waals surface area contributed by atoms with Gasteiger partial charge in [0.25, 0.3) is 0 Å². The van der Waals surface area contributed by atoms with Gasteiger partial charge in [-0.3, -0.25) is 4.79 Å². The van der Waals surface area contributed by atoms with Gasteiger partial charge in [0.1, 0.15) is 0 Å². The molecule has 0 radical (unpaired) electrons. The molecule has 0 aliphatic carbocycles. The molecule has 3 aromatic rings. The normalized spacial score (nSPS) is 15.8. The summed E-state index contributed by atoms with van der Waals surface area (Å²) < 4.78 is 11.4. The number of carbonyl (C=O) groups is 1. The number of hydrogen-bond acceptors (Lipinski definition) is 3. The number of benzene rings is 2. The van der Waals surface area contributed by atoms with Crippen LogP contribution < -0.4 is 9.47 Å². The number of aromatic amines is 1. The molecular weight excluding hydrogens is 364 g/mol. The first-order valence-electron chi connectivity index (χ1n) is 10.1. The van der Waals surface area contributed by atoms with Crippen LogP contribution in [-0.4, -0.2) is 29.4 Å². The maximum absolute atomic E-state index is 11.8. The highest BCUT2D eigenvalue weighted by atomic mass is 16.5. The molecule has 5 nitrogen and oxygen atoms in total. The Labute approximate surface area is 170 Å². The van der Waals surface area contributed by atoms with Gasteiger partial charge in [0, 0.05) is 23.6 Å². The van der Waals surface area contributed by atoms with Gasteiger partial charge in [-0.25, -0.2) is 0 Å². The largest absolute Gasteiger partial charge is 0.490 e. The molecule has 2 heterocycles. The minimum Gasteiger partial charge on any atom is -0.490 e. The highest BCUT2D eigenvalue weighted by molar-refractivity contribution is 5.83. The highest BCUT2D eigenvalue weighted by Crippen LogP contribution is 2.40. The van der Waals surface area contributed by atoms with E-state index >= 15 is 0 Å². The number of rotatable bonds is 8. The fourth-order valence-corrected chi connectivity index (χ4v) is 4.26. The highest BCUT2D eigenvalue weighted by Gasteiger charge is 2.28. The zero-order valence-electron chi connectivity index (χ0n) is 16.7. The number of aryl methyl sites for hydroxylation is 1. The minimum absolute atomic E-state index is 0.0156. The first-order chi connectivity index (χ1) is 14.2. The van der Waals surface area contributed by atoms with E-state index in [1.54, 1.807) is 0 Å². The van der Waals surface area contributed by atoms with E-state index in [2.05, 4.69) is 36.0 Å². The standard InChI is InChI=1S/C24H26N2O3/c1-3-28-23-13-17-11-12-26(16-27)22(20(17)14-24(23)29-4-2)10-9-18-15-25-21-8-6-5-7-19(18)21/h3,5-8,13-16,22,25H,1,4,9-12H2,2H3/t22-/m1/s1. The second-order valence-corrected chi connectivity index (χ2v) is 7.22. The first-order valence-corrected chi connectivity index (χ1v) is 10.1. The second-order valence-electron chi connectivity index (χ2n) is 7.22. The van der Waals surface area contributed by atoms with E-state index in [0.717, 1.165) is 36.8 Å². The van der Waals surface area contributed by atoms with Crippen molar-refractivity contribution < 1.29 is 14.3 Å². The van der Waals surface area contributed by atoms with Crippen LogP contribution in [0.3, 0.4) is 0 Å². The molecule has 2 aromatic carbocycles. The molecular formula is C24H26N2O3. The van der Waals surface area contributed by atoms with Crippen molar-refractivity contribution in [3.8, 4) is 11.5 Å². The molecule has 1 N–H and O–H groups in total. The number of hydrogen-bond donors (Lipinski definition) is 1. The number of para-hydroxylation sites is 1. The summed E-state index contributed by atoms with van der Waals surface area (Å²) in [5, 5.41) is 1.24. The molecule has 1 amide bonds. The molecule has 150 valence electrons. The average Bonchev–Trinajstić information content (AvgIpc) is 3.16. The molecule has 29 heavy (non-hydrogen) atoms. The molecule has 1 aliphatic heterocycles. The monoisotopic (exact) mass is 390 g/mol. The van der Waals surface area contributed by atoms with Crippen molar-refractivity contribution in [3.63, 3.8) is 0 Å². The Kier molecular flexibility index (Phi) is 5.56. The van der Waals surface area contributed by atoms with Crippen LogP contribution in [0.15, 0.2) is 55.4 Å². The van der Waals surface area contributed by atoms with Gasteiger partial charge < -0.3 is 19.4 Å². The summed E-state index contributed by atoms with van der Waals surface area (Å²) >= 11 is 0. The molecule has 1 aliphatic rings. The third-order valence-corrected chi connectivity index (χ3v) is 5.61. The fourth-order valence-electron chi connectivity index (χ4n) is 4.26. The molecule has 0 unspecified atom stereocenters. The van der Waals surface area contributed by atoms with E-state index in [9.17, 15) is 4.79 Å². The van der Waals surface area contributed by atoms with Gasteiger partial charge in [0.2, 0.25) is 6.41 Å². The van der Waals surface area contributed by atoms with Crippen molar-refractivity contribution in [2.75, 3.05) is 13.2 Å². The van der Waals surface area contributed by atoms with Crippen molar-refractivity contribution in [3.05, 3.63) is 72.1 Å². The topological polar surface area (TPSA) is 54.6 Å². The van der Waals surface area contributed by atoms with Crippen LogP contribution in [0.25, 0.3) is 10.9 Å². The molecule has 0 bridgehead atoms. The maximum atomic E-state index is 11.8. The van der Waals surface area contributed by atoms with E-state index < -0.39 is 0 Å². The van der Waals surface area contributed by atoms with Crippen molar-refractivity contribution in [1.82, 2.24) is 9.88 Å². The Morgan fingerprint density at radius 2 is 2.14 bits per heavy atom. The van der Waals surface area contributed by atoms with Crippen LogP contribution >= 0.6 is 0 Å². The molecule has 0 spiro atoms. The molecule has 0 saturated heterocycles. The minimum atomic E-state index is 0.0156. The van der Waals surface area contributed by atoms with E-state index in [1.807, 2.05) is 30.0 Å². The number of ether oxygens (including phenoxy) is 2. The summed E-state index contributed by atoms with van der Waals surface area (Å²) in [6.45, 7) is 6.86. The molecule has 0 fully saturated rings. The van der Waals surface area contributed by atoms with Crippen molar-refractivity contribution in [2.24, 2.45) is 0 Å². The molecule has 1 aromatic heterocycles. The quantitative estimate of drug-likeness (QED) is 0.445. The van der Waals surface area contributed by atoms with Crippen LogP contribution in [0.4, 0.5) is 0 Å². The fraction of sp³-hybridized carbons (Fsp3) is 0.292. The molecule has 5 heteroatoms. The van der Waals surface area contributed by atoms with Crippen LogP contribution in [-0.2, 0) is 17.6 Å². The predicted molar refractivity (Wildman–Crippen MR) is 114 cm³/mol. The van der Waals surface area contributed by atoms with Gasteiger partial charge in [-0.1, -0.05) is 24.8 Å². The Balaban J connectivity index is 1.66. The molecule has 1 atom stereocenters. The zero-order valence-corrected chi connectivity index (χ0v) is 16.7. The van der Waals surface area contributed by atoms with E-state index in [4.69, 9.17) is 9.47 Å². The number of amides is 1. The van der Waals surface area contributed by atoms with E-state index in [-0.39, 0.29) is 6.04 Å². The van der Waals surface area contributed by atoms with Gasteiger partial charge in [-0.2, -0.15) is 0 Å². The molecule has 4 rings (SSSR count). The number of H-pyrrole nitrogens is 1. The van der Waals surface area contributed by atoms with Gasteiger partial charge >= 0.3 is 0 Å². The van der Waals surface area contributed by atoms with Gasteiger partial charge in [-0.15, -0.1) is 0 Å². The summed E-state index contributed by atoms with van der Waals surface area (Å²) in [5.74, 6) is 1.37. The Morgan fingerprint density at radius 1 is 1.28 bits per heavy atom. The molecule has 0 saturated carbocycles. The summed E-state index contributed by atoms with van der Waals surface area (Å²) in [5.41, 5.74) is 4.76. The lowest BCUT2D eigenvalue weighted by molar-refractivity contribution is -0.120. The van der Waals surface area contributed by atoms with E-state index in [1.165, 1.54) is 22.8 Å². The third-order valence-electron chi connectivity index (χ3n) is 5.61. The van der Waals surface area contributed by atoms with Crippen LogP contribution in [0.5, 0.6) is 11.5 Å². The third kappa shape index (κ3) is 3.73. The number of nitrogens with zero attached hydrogens (tertiary/aromatic N) is 1. The van der Waals surface area contributed by atoms with Crippen molar-refractivity contribution in [1.29, 1.82) is 0 Å². The Morgan fingerprint density at radius 3 is 2.93 bits per heavy atom. The van der Waals surface area contributed by atoms with Crippen molar-refractivity contribution >= 4 is 17.3 Å². The smallest absolute Gasteiger partial charge is 0.210 e. The zero-order chi connectivity index (χ0) is 20.2. The second kappa shape index (κ2) is 8.43. The summed E-state index contributed by atoms with van der Waals surface area (Å²) in [7, 11) is 0. The summed E-state index contributed by atoms with van der Waals surface area (Å²) in [4.78, 5) is 17.0. The SMILES string of the molecule is C=COc1cc2c(cc1OCC)[C@@H](CCc1c[nH]c3ccccc13)N(C=O)CC2. The maximum Gasteiger partial charge on any atom is 0.210 e. The Hall–Kier alpha value is -3.21. The van der Waals surface area contributed by atoms with Crippen molar-refractivity contribution in [2.45, 2.75) is 32.2 Å². The number of nitrogens with one attached hydrogen (secondary N) is 1. The summed E-state index contributed by atoms with van der Waals surface area (Å²) in [6, 6.07) is 12.4. The van der Waals surface area contributed by atoms with E-state index in [0.29, 0.717) is 24.7 Å². The van der Waals surface area contributed by atoms with Gasteiger partial charge in [0.05, 0.1) is 18.9 Å². The summed E-state index contributed by atoms with van der Waals surface area (Å²) in [6.07, 6.45) is 6.99. The number of aromatic nitrogens is 1. The number of carbonyl (C=O) groups excluding carboxylic acids is 1. The van der Waals surface area contributed by atoms with Gasteiger partial charge in [-0.05, 0) is 61.1 Å². The van der Waals surface area contributed by atoms with Crippen LogP contribution in [0.2, 0.25) is 0 Å². The van der Waals surface area contributed by atoms with Crippen LogP contribution in [0.1, 0.15) is 36.1 Å². The lowest BCUT2D eigenvalue weighted by Crippen LogP contribution is -2.34. The lowest BCUT2D eigenvalue weighted by atomic mass is 9.88. The number of fused-ring (bicyclic) bond motifs is 2. The van der Waals surface area contributed by atoms with Gasteiger partial charge in [0.15, 0.2) is 11.5 Å². The Bertz CT molecular complexity index is 1020.